The van der Waals surface area contributed by atoms with E-state index in [-0.39, 0.29) is 18.4 Å². The number of amides is 2. The summed E-state index contributed by atoms with van der Waals surface area (Å²) in [5, 5.41) is 6.92. The molecule has 0 radical (unpaired) electrons. The number of nitrogens with zero attached hydrogens (tertiary/aromatic N) is 2. The Morgan fingerprint density at radius 3 is 2.27 bits per heavy atom. The Balaban J connectivity index is 1.20. The highest BCUT2D eigenvalue weighted by atomic mass is 16.5. The second kappa shape index (κ2) is 12.6. The van der Waals surface area contributed by atoms with Gasteiger partial charge in [-0.1, -0.05) is 60.2 Å². The van der Waals surface area contributed by atoms with E-state index in [1.807, 2.05) is 67.6 Å². The number of benzene rings is 4. The number of carbonyl (C=O) groups excluding carboxylic acids is 2. The zero-order valence-corrected chi connectivity index (χ0v) is 22.9. The third-order valence-corrected chi connectivity index (χ3v) is 6.52. The van der Waals surface area contributed by atoms with Crippen LogP contribution in [0.25, 0.3) is 16.9 Å². The predicted octanol–water partition coefficient (Wildman–Crippen LogP) is 6.54. The van der Waals surface area contributed by atoms with Crippen molar-refractivity contribution in [2.24, 2.45) is 5.10 Å². The van der Waals surface area contributed by atoms with Gasteiger partial charge in [-0.05, 0) is 80.1 Å². The summed E-state index contributed by atoms with van der Waals surface area (Å²) in [7, 11) is 0. The second-order valence-corrected chi connectivity index (χ2v) is 9.55. The molecule has 0 spiro atoms. The Hall–Kier alpha value is -5.43. The molecule has 0 fully saturated rings. The van der Waals surface area contributed by atoms with Gasteiger partial charge in [0.1, 0.15) is 5.75 Å². The van der Waals surface area contributed by atoms with Gasteiger partial charge in [-0.25, -0.2) is 5.43 Å². The Bertz CT molecular complexity index is 1670. The Labute approximate surface area is 239 Å². The van der Waals surface area contributed by atoms with Gasteiger partial charge in [0.15, 0.2) is 6.61 Å². The van der Waals surface area contributed by atoms with Gasteiger partial charge in [0.2, 0.25) is 0 Å². The molecule has 0 saturated heterocycles. The molecule has 5 aromatic rings. The van der Waals surface area contributed by atoms with Crippen LogP contribution in [0, 0.1) is 13.8 Å². The van der Waals surface area contributed by atoms with Crippen LogP contribution in [-0.2, 0) is 4.79 Å². The summed E-state index contributed by atoms with van der Waals surface area (Å²) < 4.78 is 7.88. The van der Waals surface area contributed by atoms with Crippen LogP contribution in [-0.4, -0.2) is 29.2 Å². The maximum atomic E-state index is 12.8. The third kappa shape index (κ3) is 6.78. The van der Waals surface area contributed by atoms with Crippen molar-refractivity contribution < 1.29 is 14.3 Å². The number of hydrazone groups is 1. The van der Waals surface area contributed by atoms with E-state index in [1.165, 1.54) is 6.21 Å². The van der Waals surface area contributed by atoms with Gasteiger partial charge < -0.3 is 14.6 Å². The largest absolute Gasteiger partial charge is 0.483 e. The number of anilines is 1. The van der Waals surface area contributed by atoms with Gasteiger partial charge >= 0.3 is 0 Å². The van der Waals surface area contributed by atoms with Gasteiger partial charge in [-0.2, -0.15) is 5.10 Å². The van der Waals surface area contributed by atoms with Crippen molar-refractivity contribution in [3.05, 3.63) is 138 Å². The smallest absolute Gasteiger partial charge is 0.271 e. The van der Waals surface area contributed by atoms with Crippen molar-refractivity contribution in [3.8, 4) is 22.7 Å². The summed E-state index contributed by atoms with van der Waals surface area (Å²) in [6.45, 7) is 3.88. The molecule has 2 N–H and O–H groups in total. The van der Waals surface area contributed by atoms with E-state index in [9.17, 15) is 9.59 Å². The molecular weight excluding hydrogens is 512 g/mol. The first kappa shape index (κ1) is 27.1. The SMILES string of the molecule is Cc1ccc(NC(=O)COc2ccccc2/C=N/NC(=O)c2ccc(-n3c(C)ccc3-c3ccccc3)cc2)cc1. The molecule has 0 atom stereocenters. The molecule has 1 aromatic heterocycles. The lowest BCUT2D eigenvalue weighted by Crippen LogP contribution is -2.20. The number of carbonyl (C=O) groups is 2. The van der Waals surface area contributed by atoms with Crippen molar-refractivity contribution in [2.75, 3.05) is 11.9 Å². The van der Waals surface area contributed by atoms with Crippen molar-refractivity contribution in [1.29, 1.82) is 0 Å². The topological polar surface area (TPSA) is 84.7 Å². The van der Waals surface area contributed by atoms with Crippen molar-refractivity contribution in [1.82, 2.24) is 9.99 Å². The lowest BCUT2D eigenvalue weighted by Gasteiger charge is -2.13. The molecule has 0 unspecified atom stereocenters. The van der Waals surface area contributed by atoms with Crippen molar-refractivity contribution >= 4 is 23.7 Å². The minimum Gasteiger partial charge on any atom is -0.483 e. The van der Waals surface area contributed by atoms with Gasteiger partial charge in [0, 0.05) is 28.2 Å². The fourth-order valence-electron chi connectivity index (χ4n) is 4.40. The first-order chi connectivity index (χ1) is 20.0. The van der Waals surface area contributed by atoms with Crippen molar-refractivity contribution in [2.45, 2.75) is 13.8 Å². The fourth-order valence-corrected chi connectivity index (χ4v) is 4.40. The van der Waals surface area contributed by atoms with Gasteiger partial charge in [0.05, 0.1) is 11.9 Å². The molecule has 2 amide bonds. The monoisotopic (exact) mass is 542 g/mol. The van der Waals surface area contributed by atoms with E-state index >= 15 is 0 Å². The highest BCUT2D eigenvalue weighted by Crippen LogP contribution is 2.26. The molecule has 204 valence electrons. The molecule has 5 rings (SSSR count). The number of nitrogens with one attached hydrogen (secondary N) is 2. The Morgan fingerprint density at radius 2 is 1.51 bits per heavy atom. The van der Waals surface area contributed by atoms with E-state index in [0.29, 0.717) is 22.6 Å². The summed E-state index contributed by atoms with van der Waals surface area (Å²) >= 11 is 0. The molecule has 1 heterocycles. The minimum absolute atomic E-state index is 0.162. The summed E-state index contributed by atoms with van der Waals surface area (Å²) in [5.74, 6) is -0.134. The molecule has 7 nitrogen and oxygen atoms in total. The van der Waals surface area contributed by atoms with Crippen LogP contribution in [0.1, 0.15) is 27.2 Å². The molecule has 0 aliphatic carbocycles. The highest BCUT2D eigenvalue weighted by molar-refractivity contribution is 5.95. The van der Waals surface area contributed by atoms with E-state index in [2.05, 4.69) is 51.6 Å². The lowest BCUT2D eigenvalue weighted by atomic mass is 10.1. The first-order valence-corrected chi connectivity index (χ1v) is 13.2. The summed E-state index contributed by atoms with van der Waals surface area (Å²) in [4.78, 5) is 25.1. The first-order valence-electron chi connectivity index (χ1n) is 13.2. The van der Waals surface area contributed by atoms with Crippen LogP contribution in [0.5, 0.6) is 5.75 Å². The Kier molecular flexibility index (Phi) is 8.35. The second-order valence-electron chi connectivity index (χ2n) is 9.55. The van der Waals surface area contributed by atoms with E-state index < -0.39 is 0 Å². The van der Waals surface area contributed by atoms with E-state index in [4.69, 9.17) is 4.74 Å². The van der Waals surface area contributed by atoms with Crippen LogP contribution in [0.4, 0.5) is 5.69 Å². The van der Waals surface area contributed by atoms with E-state index in [1.54, 1.807) is 30.3 Å². The molecule has 0 aliphatic heterocycles. The number of hydrogen-bond acceptors (Lipinski definition) is 4. The van der Waals surface area contributed by atoms with Gasteiger partial charge in [0.25, 0.3) is 11.8 Å². The van der Waals surface area contributed by atoms with Crippen LogP contribution in [0.3, 0.4) is 0 Å². The lowest BCUT2D eigenvalue weighted by molar-refractivity contribution is -0.118. The summed E-state index contributed by atoms with van der Waals surface area (Å²) in [5.41, 5.74) is 9.75. The molecule has 0 aliphatic rings. The number of aromatic nitrogens is 1. The van der Waals surface area contributed by atoms with Crippen LogP contribution in [0.15, 0.2) is 120 Å². The van der Waals surface area contributed by atoms with Gasteiger partial charge in [-0.15, -0.1) is 0 Å². The minimum atomic E-state index is -0.337. The molecular formula is C34H30N4O3. The number of ether oxygens (including phenoxy) is 1. The van der Waals surface area contributed by atoms with Crippen molar-refractivity contribution in [3.63, 3.8) is 0 Å². The number of rotatable bonds is 9. The highest BCUT2D eigenvalue weighted by Gasteiger charge is 2.11. The Morgan fingerprint density at radius 1 is 0.805 bits per heavy atom. The number of hydrogen-bond donors (Lipinski definition) is 2. The molecule has 0 bridgehead atoms. The quantitative estimate of drug-likeness (QED) is 0.164. The van der Waals surface area contributed by atoms with Crippen LogP contribution < -0.4 is 15.5 Å². The maximum absolute atomic E-state index is 12.8. The van der Waals surface area contributed by atoms with Crippen LogP contribution in [0.2, 0.25) is 0 Å². The average Bonchev–Trinajstić information content (AvgIpc) is 3.39. The predicted molar refractivity (Wildman–Crippen MR) is 163 cm³/mol. The molecule has 7 heteroatoms. The fraction of sp³-hybridized carbons (Fsp3) is 0.0882. The van der Waals surface area contributed by atoms with Crippen LogP contribution >= 0.6 is 0 Å². The molecule has 0 saturated carbocycles. The number of aryl methyl sites for hydroxylation is 2. The van der Waals surface area contributed by atoms with Gasteiger partial charge in [-0.3, -0.25) is 9.59 Å². The summed E-state index contributed by atoms with van der Waals surface area (Å²) in [6, 6.07) is 36.5. The standard InChI is InChI=1S/C34H30N4O3/c1-24-12-17-29(18-13-24)36-33(39)23-41-32-11-7-6-10-28(32)22-35-37-34(40)27-15-19-30(20-16-27)38-25(2)14-21-31(38)26-8-4-3-5-9-26/h3-22H,23H2,1-2H3,(H,36,39)(H,37,40)/b35-22+. The summed E-state index contributed by atoms with van der Waals surface area (Å²) in [6.07, 6.45) is 1.49. The zero-order valence-electron chi connectivity index (χ0n) is 22.9. The maximum Gasteiger partial charge on any atom is 0.271 e. The normalized spacial score (nSPS) is 10.9. The van der Waals surface area contributed by atoms with E-state index in [0.717, 1.165) is 28.2 Å². The third-order valence-electron chi connectivity index (χ3n) is 6.52. The molecule has 41 heavy (non-hydrogen) atoms. The molecule has 4 aromatic carbocycles. The zero-order chi connectivity index (χ0) is 28.6. The average molecular weight is 543 g/mol. The number of para-hydroxylation sites is 1.